The average Bonchev–Trinajstić information content (AvgIpc) is 2.59. The van der Waals surface area contributed by atoms with E-state index < -0.39 is 5.92 Å². The zero-order chi connectivity index (χ0) is 21.7. The van der Waals surface area contributed by atoms with E-state index in [4.69, 9.17) is 4.74 Å². The second-order valence-corrected chi connectivity index (χ2v) is 9.65. The molecule has 30 heavy (non-hydrogen) atoms. The number of Topliss-reactive ketones (excluding diaryl/α,β-unsaturated/α-hetero) is 2. The third-order valence-corrected chi connectivity index (χ3v) is 7.07. The number of carbonyl (C=O) groups excluding carboxylic acids is 3. The van der Waals surface area contributed by atoms with Gasteiger partial charge in [-0.15, -0.1) is 5.92 Å². The number of amides is 1. The summed E-state index contributed by atoms with van der Waals surface area (Å²) in [7, 11) is 1.52. The number of hydrogen-bond acceptors (Lipinski definition) is 4. The zero-order valence-electron chi connectivity index (χ0n) is 18.3. The Morgan fingerprint density at radius 3 is 2.17 bits per heavy atom. The first-order valence-electron chi connectivity index (χ1n) is 10.6. The first-order valence-corrected chi connectivity index (χ1v) is 10.6. The number of rotatable bonds is 3. The molecule has 1 aliphatic heterocycles. The molecule has 2 spiro atoms. The lowest BCUT2D eigenvalue weighted by molar-refractivity contribution is -0.181. The highest BCUT2D eigenvalue weighted by atomic mass is 16.5. The molecular formula is C25H29NO4. The standard InChI is InChI=1S/C25H29NO4/c1-5-6-18-7-16(2)22(17(3)8-18)23-19(27)9-24(10-20(23)28)12-25(13-24)14-26(15-25)21(29)11-30-4/h7-8,23H,9-15H2,1-4H3. The summed E-state index contributed by atoms with van der Waals surface area (Å²) in [6.45, 7) is 7.29. The Morgan fingerprint density at radius 2 is 1.67 bits per heavy atom. The summed E-state index contributed by atoms with van der Waals surface area (Å²) in [4.78, 5) is 40.1. The van der Waals surface area contributed by atoms with Crippen molar-refractivity contribution < 1.29 is 19.1 Å². The molecule has 2 aliphatic carbocycles. The van der Waals surface area contributed by atoms with Gasteiger partial charge in [0.25, 0.3) is 0 Å². The molecule has 0 N–H and O–H groups in total. The molecule has 3 fully saturated rings. The number of methoxy groups -OCH3 is 1. The number of nitrogens with zero attached hydrogens (tertiary/aromatic N) is 1. The van der Waals surface area contributed by atoms with Crippen LogP contribution in [0.2, 0.25) is 0 Å². The van der Waals surface area contributed by atoms with Crippen molar-refractivity contribution in [2.24, 2.45) is 10.8 Å². The number of benzene rings is 1. The minimum absolute atomic E-state index is 0.0158. The normalized spacial score (nSPS) is 21.8. The minimum atomic E-state index is -0.642. The van der Waals surface area contributed by atoms with Crippen LogP contribution in [0, 0.1) is 36.5 Å². The lowest BCUT2D eigenvalue weighted by Crippen LogP contribution is -2.68. The molecule has 1 amide bonds. The maximum atomic E-state index is 13.2. The summed E-state index contributed by atoms with van der Waals surface area (Å²) >= 11 is 0. The van der Waals surface area contributed by atoms with Crippen molar-refractivity contribution in [2.45, 2.75) is 52.4 Å². The molecule has 5 heteroatoms. The second kappa shape index (κ2) is 7.35. The maximum Gasteiger partial charge on any atom is 0.248 e. The van der Waals surface area contributed by atoms with Crippen molar-refractivity contribution in [3.63, 3.8) is 0 Å². The van der Waals surface area contributed by atoms with Crippen molar-refractivity contribution in [2.75, 3.05) is 26.8 Å². The number of ether oxygens (including phenoxy) is 1. The van der Waals surface area contributed by atoms with Gasteiger partial charge >= 0.3 is 0 Å². The smallest absolute Gasteiger partial charge is 0.248 e. The lowest BCUT2D eigenvalue weighted by atomic mass is 9.45. The van der Waals surface area contributed by atoms with Crippen LogP contribution in [0.15, 0.2) is 12.1 Å². The van der Waals surface area contributed by atoms with E-state index in [0.717, 1.165) is 48.2 Å². The molecule has 0 radical (unpaired) electrons. The predicted molar refractivity (Wildman–Crippen MR) is 113 cm³/mol. The Bertz CT molecular complexity index is 939. The molecule has 0 atom stereocenters. The summed E-state index contributed by atoms with van der Waals surface area (Å²) in [6.07, 6.45) is 2.66. The first kappa shape index (κ1) is 20.8. The van der Waals surface area contributed by atoms with Crippen LogP contribution in [0.1, 0.15) is 60.8 Å². The summed E-state index contributed by atoms with van der Waals surface area (Å²) in [5.74, 6) is 5.43. The molecule has 1 saturated heterocycles. The minimum Gasteiger partial charge on any atom is -0.375 e. The van der Waals surface area contributed by atoms with E-state index in [9.17, 15) is 14.4 Å². The van der Waals surface area contributed by atoms with Gasteiger partial charge in [-0.3, -0.25) is 14.4 Å². The van der Waals surface area contributed by atoms with Crippen molar-refractivity contribution in [3.05, 3.63) is 34.4 Å². The van der Waals surface area contributed by atoms with E-state index in [1.807, 2.05) is 30.9 Å². The van der Waals surface area contributed by atoms with Gasteiger partial charge in [0.15, 0.2) is 0 Å². The largest absolute Gasteiger partial charge is 0.375 e. The lowest BCUT2D eigenvalue weighted by Gasteiger charge is -2.65. The summed E-state index contributed by atoms with van der Waals surface area (Å²) in [6, 6.07) is 3.95. The van der Waals surface area contributed by atoms with Gasteiger partial charge in [-0.05, 0) is 67.9 Å². The SMILES string of the molecule is CC#Cc1cc(C)c(C2C(=O)CC3(CC2=O)CC2(CN(C(=O)COC)C2)C3)c(C)c1. The van der Waals surface area contributed by atoms with Crippen LogP contribution in [0.25, 0.3) is 0 Å². The van der Waals surface area contributed by atoms with E-state index in [-0.39, 0.29) is 34.9 Å². The Kier molecular flexibility index (Phi) is 5.10. The number of aryl methyl sites for hydroxylation is 2. The van der Waals surface area contributed by atoms with Gasteiger partial charge in [0.1, 0.15) is 24.1 Å². The number of likely N-dealkylation sites (tertiary alicyclic amines) is 1. The third-order valence-electron chi connectivity index (χ3n) is 7.07. The second-order valence-electron chi connectivity index (χ2n) is 9.65. The van der Waals surface area contributed by atoms with E-state index in [0.29, 0.717) is 12.8 Å². The molecular weight excluding hydrogens is 378 g/mol. The van der Waals surface area contributed by atoms with Gasteiger partial charge in [0, 0.05) is 44.0 Å². The van der Waals surface area contributed by atoms with Crippen LogP contribution in [0.3, 0.4) is 0 Å². The Morgan fingerprint density at radius 1 is 1.10 bits per heavy atom. The van der Waals surface area contributed by atoms with Gasteiger partial charge in [-0.2, -0.15) is 0 Å². The van der Waals surface area contributed by atoms with Crippen LogP contribution in [0.4, 0.5) is 0 Å². The number of carbonyl (C=O) groups is 3. The molecule has 1 aromatic carbocycles. The highest BCUT2D eigenvalue weighted by Gasteiger charge is 2.63. The average molecular weight is 408 g/mol. The fourth-order valence-corrected chi connectivity index (χ4v) is 6.32. The molecule has 4 rings (SSSR count). The molecule has 0 aromatic heterocycles. The number of ketones is 2. The molecule has 158 valence electrons. The van der Waals surface area contributed by atoms with Crippen molar-refractivity contribution in [1.29, 1.82) is 0 Å². The maximum absolute atomic E-state index is 13.2. The highest BCUT2D eigenvalue weighted by molar-refractivity contribution is 6.10. The zero-order valence-corrected chi connectivity index (χ0v) is 18.3. The van der Waals surface area contributed by atoms with Crippen LogP contribution in [-0.4, -0.2) is 49.2 Å². The monoisotopic (exact) mass is 407 g/mol. The quantitative estimate of drug-likeness (QED) is 0.571. The van der Waals surface area contributed by atoms with Gasteiger partial charge < -0.3 is 9.64 Å². The summed E-state index contributed by atoms with van der Waals surface area (Å²) < 4.78 is 4.92. The molecule has 1 heterocycles. The molecule has 1 aromatic rings. The van der Waals surface area contributed by atoms with Crippen molar-refractivity contribution in [3.8, 4) is 11.8 Å². The van der Waals surface area contributed by atoms with E-state index in [2.05, 4.69) is 11.8 Å². The Labute approximate surface area is 178 Å². The van der Waals surface area contributed by atoms with Crippen LogP contribution in [-0.2, 0) is 19.1 Å². The topological polar surface area (TPSA) is 63.7 Å². The van der Waals surface area contributed by atoms with E-state index in [1.54, 1.807) is 6.92 Å². The van der Waals surface area contributed by atoms with E-state index in [1.165, 1.54) is 7.11 Å². The fraction of sp³-hybridized carbons (Fsp3) is 0.560. The molecule has 2 saturated carbocycles. The first-order chi connectivity index (χ1) is 14.2. The van der Waals surface area contributed by atoms with Crippen LogP contribution in [0.5, 0.6) is 0 Å². The van der Waals surface area contributed by atoms with Crippen molar-refractivity contribution >= 4 is 17.5 Å². The third kappa shape index (κ3) is 3.37. The molecule has 0 bridgehead atoms. The Hall–Kier alpha value is -2.45. The summed E-state index contributed by atoms with van der Waals surface area (Å²) in [5, 5.41) is 0. The molecule has 3 aliphatic rings. The van der Waals surface area contributed by atoms with Gasteiger partial charge in [0.2, 0.25) is 5.91 Å². The van der Waals surface area contributed by atoms with Crippen molar-refractivity contribution in [1.82, 2.24) is 4.90 Å². The Balaban J connectivity index is 1.46. The fourth-order valence-electron chi connectivity index (χ4n) is 6.32. The number of hydrogen-bond donors (Lipinski definition) is 0. The predicted octanol–water partition coefficient (Wildman–Crippen LogP) is 2.95. The highest BCUT2D eigenvalue weighted by Crippen LogP contribution is 2.64. The molecule has 0 unspecified atom stereocenters. The van der Waals surface area contributed by atoms with Gasteiger partial charge in [0.05, 0.1) is 0 Å². The van der Waals surface area contributed by atoms with Crippen LogP contribution < -0.4 is 0 Å². The van der Waals surface area contributed by atoms with Gasteiger partial charge in [-0.25, -0.2) is 0 Å². The van der Waals surface area contributed by atoms with Crippen LogP contribution >= 0.6 is 0 Å². The molecule has 5 nitrogen and oxygen atoms in total. The summed E-state index contributed by atoms with van der Waals surface area (Å²) in [5.41, 5.74) is 3.62. The van der Waals surface area contributed by atoms with Gasteiger partial charge in [-0.1, -0.05) is 5.92 Å². The van der Waals surface area contributed by atoms with E-state index >= 15 is 0 Å².